The number of rotatable bonds is 5. The first-order valence-electron chi connectivity index (χ1n) is 9.77. The number of benzene rings is 3. The molecule has 2 amide bonds. The fourth-order valence-electron chi connectivity index (χ4n) is 3.52. The lowest BCUT2D eigenvalue weighted by Crippen LogP contribution is -2.32. The SMILES string of the molecule is COc1ccccc1NC1=C(c2ccc(C)c(C)c2)C(=O)N(c2ccc(Cl)cc2)C1=O. The molecule has 156 valence electrons. The normalized spacial score (nSPS) is 13.7. The number of hydrogen-bond donors (Lipinski definition) is 1. The summed E-state index contributed by atoms with van der Waals surface area (Å²) in [5, 5.41) is 3.68. The van der Waals surface area contributed by atoms with Crippen molar-refractivity contribution in [1.29, 1.82) is 0 Å². The molecule has 0 unspecified atom stereocenters. The molecule has 0 saturated carbocycles. The maximum absolute atomic E-state index is 13.5. The second kappa shape index (κ2) is 8.28. The fourth-order valence-corrected chi connectivity index (χ4v) is 3.64. The number of para-hydroxylation sites is 2. The molecule has 1 N–H and O–H groups in total. The Morgan fingerprint density at radius 1 is 0.871 bits per heavy atom. The molecule has 0 atom stereocenters. The molecular weight excluding hydrogens is 412 g/mol. The van der Waals surface area contributed by atoms with Crippen molar-refractivity contribution in [3.8, 4) is 5.75 Å². The van der Waals surface area contributed by atoms with Crippen LogP contribution in [0.25, 0.3) is 5.57 Å². The minimum absolute atomic E-state index is 0.202. The second-order valence-electron chi connectivity index (χ2n) is 7.30. The molecule has 0 spiro atoms. The lowest BCUT2D eigenvalue weighted by atomic mass is 9.99. The van der Waals surface area contributed by atoms with E-state index in [-0.39, 0.29) is 5.70 Å². The van der Waals surface area contributed by atoms with Gasteiger partial charge in [0.25, 0.3) is 11.8 Å². The lowest BCUT2D eigenvalue weighted by molar-refractivity contribution is -0.120. The van der Waals surface area contributed by atoms with E-state index in [1.165, 1.54) is 4.90 Å². The van der Waals surface area contributed by atoms with Crippen LogP contribution in [0.15, 0.2) is 72.4 Å². The van der Waals surface area contributed by atoms with E-state index in [9.17, 15) is 9.59 Å². The maximum Gasteiger partial charge on any atom is 0.282 e. The summed E-state index contributed by atoms with van der Waals surface area (Å²) in [4.78, 5) is 28.1. The van der Waals surface area contributed by atoms with E-state index >= 15 is 0 Å². The zero-order valence-electron chi connectivity index (χ0n) is 17.4. The van der Waals surface area contributed by atoms with Crippen molar-refractivity contribution >= 4 is 40.4 Å². The Morgan fingerprint density at radius 2 is 1.58 bits per heavy atom. The third-order valence-corrected chi connectivity index (χ3v) is 5.58. The van der Waals surface area contributed by atoms with Crippen molar-refractivity contribution in [2.24, 2.45) is 0 Å². The number of amides is 2. The summed E-state index contributed by atoms with van der Waals surface area (Å²) in [5.74, 6) is -0.265. The first-order valence-corrected chi connectivity index (χ1v) is 10.1. The molecule has 1 heterocycles. The van der Waals surface area contributed by atoms with Crippen LogP contribution in [0.5, 0.6) is 5.75 Å². The molecule has 0 bridgehead atoms. The number of aryl methyl sites for hydroxylation is 2. The van der Waals surface area contributed by atoms with Gasteiger partial charge in [-0.05, 0) is 66.9 Å². The van der Waals surface area contributed by atoms with Gasteiger partial charge in [0.1, 0.15) is 11.4 Å². The summed E-state index contributed by atoms with van der Waals surface area (Å²) in [6, 6.07) is 19.6. The molecule has 0 radical (unpaired) electrons. The molecule has 3 aromatic carbocycles. The van der Waals surface area contributed by atoms with Crippen molar-refractivity contribution < 1.29 is 14.3 Å². The number of methoxy groups -OCH3 is 1. The number of anilines is 2. The summed E-state index contributed by atoms with van der Waals surface area (Å²) in [6.07, 6.45) is 0. The van der Waals surface area contributed by atoms with Gasteiger partial charge in [-0.25, -0.2) is 4.90 Å². The molecule has 4 rings (SSSR count). The minimum Gasteiger partial charge on any atom is -0.495 e. The van der Waals surface area contributed by atoms with Gasteiger partial charge in [0.15, 0.2) is 0 Å². The van der Waals surface area contributed by atoms with Crippen LogP contribution in [0.1, 0.15) is 16.7 Å². The van der Waals surface area contributed by atoms with Gasteiger partial charge >= 0.3 is 0 Å². The molecule has 6 heteroatoms. The Labute approximate surface area is 185 Å². The zero-order valence-corrected chi connectivity index (χ0v) is 18.2. The highest BCUT2D eigenvalue weighted by Gasteiger charge is 2.40. The summed E-state index contributed by atoms with van der Waals surface area (Å²) in [6.45, 7) is 3.98. The Kier molecular flexibility index (Phi) is 5.53. The highest BCUT2D eigenvalue weighted by Crippen LogP contribution is 2.36. The van der Waals surface area contributed by atoms with E-state index in [0.717, 1.165) is 11.1 Å². The Bertz CT molecular complexity index is 1220. The third kappa shape index (κ3) is 3.80. The maximum atomic E-state index is 13.5. The van der Waals surface area contributed by atoms with Gasteiger partial charge in [-0.15, -0.1) is 0 Å². The minimum atomic E-state index is -0.438. The van der Waals surface area contributed by atoms with Crippen molar-refractivity contribution in [2.75, 3.05) is 17.3 Å². The van der Waals surface area contributed by atoms with Gasteiger partial charge in [-0.3, -0.25) is 9.59 Å². The standard InChI is InChI=1S/C25H21ClN2O3/c1-15-8-9-17(14-16(15)2)22-23(27-20-6-4-5-7-21(20)31-3)25(30)28(24(22)29)19-12-10-18(26)11-13-19/h4-14,27H,1-3H3. The largest absolute Gasteiger partial charge is 0.495 e. The number of imide groups is 1. The Hall–Kier alpha value is -3.57. The van der Waals surface area contributed by atoms with Crippen molar-refractivity contribution in [2.45, 2.75) is 13.8 Å². The van der Waals surface area contributed by atoms with Crippen LogP contribution < -0.4 is 15.0 Å². The van der Waals surface area contributed by atoms with Crippen LogP contribution in [0, 0.1) is 13.8 Å². The van der Waals surface area contributed by atoms with Crippen molar-refractivity contribution in [3.63, 3.8) is 0 Å². The zero-order chi connectivity index (χ0) is 22.1. The number of ether oxygens (including phenoxy) is 1. The monoisotopic (exact) mass is 432 g/mol. The van der Waals surface area contributed by atoms with Crippen LogP contribution in [0.2, 0.25) is 5.02 Å². The van der Waals surface area contributed by atoms with Crippen LogP contribution in [0.3, 0.4) is 0 Å². The molecule has 3 aromatic rings. The molecule has 1 aliphatic heterocycles. The van der Waals surface area contributed by atoms with Gasteiger partial charge in [0.05, 0.1) is 24.1 Å². The summed E-state index contributed by atoms with van der Waals surface area (Å²) < 4.78 is 5.41. The number of nitrogens with one attached hydrogen (secondary N) is 1. The quantitative estimate of drug-likeness (QED) is 0.551. The highest BCUT2D eigenvalue weighted by atomic mass is 35.5. The molecule has 1 aliphatic rings. The van der Waals surface area contributed by atoms with Gasteiger partial charge in [0, 0.05) is 5.02 Å². The van der Waals surface area contributed by atoms with E-state index in [4.69, 9.17) is 16.3 Å². The predicted molar refractivity (Wildman–Crippen MR) is 123 cm³/mol. The number of carbonyl (C=O) groups is 2. The Morgan fingerprint density at radius 3 is 2.26 bits per heavy atom. The number of halogens is 1. The Balaban J connectivity index is 1.86. The van der Waals surface area contributed by atoms with Crippen LogP contribution in [0.4, 0.5) is 11.4 Å². The first kappa shape index (κ1) is 20.7. The van der Waals surface area contributed by atoms with E-state index in [1.54, 1.807) is 43.5 Å². The number of hydrogen-bond acceptors (Lipinski definition) is 4. The van der Waals surface area contributed by atoms with Crippen LogP contribution in [-0.4, -0.2) is 18.9 Å². The van der Waals surface area contributed by atoms with Gasteiger partial charge in [-0.1, -0.05) is 41.9 Å². The molecule has 0 fully saturated rings. The summed E-state index contributed by atoms with van der Waals surface area (Å²) >= 11 is 5.99. The smallest absolute Gasteiger partial charge is 0.282 e. The average Bonchev–Trinajstić information content (AvgIpc) is 3.01. The average molecular weight is 433 g/mol. The predicted octanol–water partition coefficient (Wildman–Crippen LogP) is 5.36. The second-order valence-corrected chi connectivity index (χ2v) is 7.73. The van der Waals surface area contributed by atoms with E-state index in [0.29, 0.717) is 33.3 Å². The molecule has 31 heavy (non-hydrogen) atoms. The van der Waals surface area contributed by atoms with Crippen molar-refractivity contribution in [1.82, 2.24) is 0 Å². The molecule has 0 aromatic heterocycles. The van der Waals surface area contributed by atoms with E-state index in [2.05, 4.69) is 5.32 Å². The van der Waals surface area contributed by atoms with E-state index in [1.807, 2.05) is 44.2 Å². The summed E-state index contributed by atoms with van der Waals surface area (Å²) in [7, 11) is 1.56. The third-order valence-electron chi connectivity index (χ3n) is 5.33. The molecular formula is C25H21ClN2O3. The van der Waals surface area contributed by atoms with Crippen LogP contribution in [-0.2, 0) is 9.59 Å². The van der Waals surface area contributed by atoms with Crippen molar-refractivity contribution in [3.05, 3.63) is 94.1 Å². The summed E-state index contributed by atoms with van der Waals surface area (Å²) in [5.41, 5.74) is 4.39. The number of nitrogens with zero attached hydrogens (tertiary/aromatic N) is 1. The van der Waals surface area contributed by atoms with E-state index < -0.39 is 11.8 Å². The number of carbonyl (C=O) groups excluding carboxylic acids is 2. The highest BCUT2D eigenvalue weighted by molar-refractivity contribution is 6.46. The first-order chi connectivity index (χ1) is 14.9. The topological polar surface area (TPSA) is 58.6 Å². The van der Waals surface area contributed by atoms with Gasteiger partial charge in [-0.2, -0.15) is 0 Å². The fraction of sp³-hybridized carbons (Fsp3) is 0.120. The lowest BCUT2D eigenvalue weighted by Gasteiger charge is -2.16. The van der Waals surface area contributed by atoms with Gasteiger partial charge in [0.2, 0.25) is 0 Å². The molecule has 5 nitrogen and oxygen atoms in total. The molecule has 0 saturated heterocycles. The molecule has 0 aliphatic carbocycles. The van der Waals surface area contributed by atoms with Crippen LogP contribution >= 0.6 is 11.6 Å². The van der Waals surface area contributed by atoms with Gasteiger partial charge < -0.3 is 10.1 Å².